The van der Waals surface area contributed by atoms with Gasteiger partial charge in [-0.2, -0.15) is 0 Å². The number of carbonyl (C=O) groups is 1. The highest BCUT2D eigenvalue weighted by molar-refractivity contribution is 7.89. The van der Waals surface area contributed by atoms with Gasteiger partial charge >= 0.3 is 0 Å². The standard InChI is InChI=1S/C22H29N3O5S/c1-4-24(14-16-6-9-20(30-5-2)21(12-16)29-3)15-22(26)25-11-10-17-13-18(31(23,27)28)7-8-19(17)25/h6-9,12-13H,4-5,10-11,14-15H2,1-3H3,(H2,23,27,28). The summed E-state index contributed by atoms with van der Waals surface area (Å²) >= 11 is 0. The van der Waals surface area contributed by atoms with E-state index in [0.29, 0.717) is 44.2 Å². The van der Waals surface area contributed by atoms with Gasteiger partial charge in [-0.05, 0) is 61.3 Å². The van der Waals surface area contributed by atoms with Gasteiger partial charge in [0.2, 0.25) is 15.9 Å². The first-order chi connectivity index (χ1) is 14.8. The fourth-order valence-electron chi connectivity index (χ4n) is 3.71. The second-order valence-corrected chi connectivity index (χ2v) is 8.91. The van der Waals surface area contributed by atoms with Gasteiger partial charge in [0.05, 0.1) is 25.2 Å². The van der Waals surface area contributed by atoms with Gasteiger partial charge in [0.25, 0.3) is 0 Å². The maximum absolute atomic E-state index is 13.0. The molecule has 3 rings (SSSR count). The molecule has 0 unspecified atom stereocenters. The van der Waals surface area contributed by atoms with Crippen molar-refractivity contribution in [3.63, 3.8) is 0 Å². The number of likely N-dealkylation sites (N-methyl/N-ethyl adjacent to an activating group) is 1. The van der Waals surface area contributed by atoms with Crippen molar-refractivity contribution < 1.29 is 22.7 Å². The molecule has 2 aromatic rings. The van der Waals surface area contributed by atoms with Gasteiger partial charge in [-0.15, -0.1) is 0 Å². The highest BCUT2D eigenvalue weighted by atomic mass is 32.2. The lowest BCUT2D eigenvalue weighted by Crippen LogP contribution is -2.39. The summed E-state index contributed by atoms with van der Waals surface area (Å²) in [6.07, 6.45) is 0.604. The van der Waals surface area contributed by atoms with Gasteiger partial charge in [0.1, 0.15) is 0 Å². The number of carbonyl (C=O) groups excluding carboxylic acids is 1. The molecule has 0 bridgehead atoms. The molecular weight excluding hydrogens is 418 g/mol. The first kappa shape index (κ1) is 23.1. The summed E-state index contributed by atoms with van der Waals surface area (Å²) in [7, 11) is -2.16. The van der Waals surface area contributed by atoms with E-state index in [0.717, 1.165) is 16.8 Å². The van der Waals surface area contributed by atoms with Crippen molar-refractivity contribution in [1.82, 2.24) is 4.90 Å². The van der Waals surface area contributed by atoms with Crippen molar-refractivity contribution in [2.24, 2.45) is 5.14 Å². The van der Waals surface area contributed by atoms with Crippen LogP contribution < -0.4 is 19.5 Å². The van der Waals surface area contributed by atoms with Gasteiger partial charge in [0, 0.05) is 18.8 Å². The van der Waals surface area contributed by atoms with Gasteiger partial charge in [0.15, 0.2) is 11.5 Å². The zero-order valence-electron chi connectivity index (χ0n) is 18.1. The quantitative estimate of drug-likeness (QED) is 0.632. The van der Waals surface area contributed by atoms with Crippen LogP contribution >= 0.6 is 0 Å². The molecule has 2 N–H and O–H groups in total. The van der Waals surface area contributed by atoms with E-state index in [2.05, 4.69) is 0 Å². The van der Waals surface area contributed by atoms with Crippen LogP contribution in [-0.4, -0.2) is 52.6 Å². The van der Waals surface area contributed by atoms with Gasteiger partial charge in [-0.3, -0.25) is 9.69 Å². The van der Waals surface area contributed by atoms with Crippen LogP contribution in [0.2, 0.25) is 0 Å². The van der Waals surface area contributed by atoms with Gasteiger partial charge < -0.3 is 14.4 Å². The minimum Gasteiger partial charge on any atom is -0.493 e. The molecule has 0 fully saturated rings. The minimum atomic E-state index is -3.76. The van der Waals surface area contributed by atoms with Gasteiger partial charge in [-0.25, -0.2) is 13.6 Å². The van der Waals surface area contributed by atoms with E-state index in [9.17, 15) is 13.2 Å². The van der Waals surface area contributed by atoms with E-state index in [1.807, 2.05) is 36.9 Å². The third-order valence-corrected chi connectivity index (χ3v) is 6.23. The van der Waals surface area contributed by atoms with Crippen molar-refractivity contribution in [3.8, 4) is 11.5 Å². The number of benzene rings is 2. The molecule has 1 heterocycles. The maximum atomic E-state index is 13.0. The summed E-state index contributed by atoms with van der Waals surface area (Å²) in [6, 6.07) is 10.4. The lowest BCUT2D eigenvalue weighted by molar-refractivity contribution is -0.119. The zero-order chi connectivity index (χ0) is 22.6. The van der Waals surface area contributed by atoms with Crippen LogP contribution in [-0.2, 0) is 27.8 Å². The summed E-state index contributed by atoms with van der Waals surface area (Å²) < 4.78 is 34.1. The Kier molecular flexibility index (Phi) is 7.19. The van der Waals surface area contributed by atoms with E-state index < -0.39 is 10.0 Å². The molecule has 0 aliphatic carbocycles. The molecule has 8 nitrogen and oxygen atoms in total. The molecule has 9 heteroatoms. The summed E-state index contributed by atoms with van der Waals surface area (Å²) in [6.45, 7) is 6.56. The molecular formula is C22H29N3O5S. The second kappa shape index (κ2) is 9.67. The number of hydrogen-bond donors (Lipinski definition) is 1. The molecule has 0 radical (unpaired) electrons. The number of nitrogens with two attached hydrogens (primary N) is 1. The maximum Gasteiger partial charge on any atom is 0.241 e. The molecule has 0 aromatic heterocycles. The van der Waals surface area contributed by atoms with Crippen molar-refractivity contribution >= 4 is 21.6 Å². The number of amides is 1. The number of anilines is 1. The van der Waals surface area contributed by atoms with Crippen LogP contribution in [0.4, 0.5) is 5.69 Å². The first-order valence-electron chi connectivity index (χ1n) is 10.2. The first-order valence-corrected chi connectivity index (χ1v) is 11.8. The summed E-state index contributed by atoms with van der Waals surface area (Å²) in [5.41, 5.74) is 2.59. The molecule has 0 spiro atoms. The topological polar surface area (TPSA) is 102 Å². The number of hydrogen-bond acceptors (Lipinski definition) is 6. The SMILES string of the molecule is CCOc1ccc(CN(CC)CC(=O)N2CCc3cc(S(N)(=O)=O)ccc32)cc1OC. The monoisotopic (exact) mass is 447 g/mol. The van der Waals surface area contributed by atoms with Crippen LogP contribution in [0.15, 0.2) is 41.3 Å². The minimum absolute atomic E-state index is 0.0261. The van der Waals surface area contributed by atoms with Crippen molar-refractivity contribution in [1.29, 1.82) is 0 Å². The highest BCUT2D eigenvalue weighted by Crippen LogP contribution is 2.31. The molecule has 31 heavy (non-hydrogen) atoms. The van der Waals surface area contributed by atoms with Crippen molar-refractivity contribution in [2.45, 2.75) is 31.7 Å². The Labute approximate surface area is 183 Å². The Morgan fingerprint density at radius 1 is 1.16 bits per heavy atom. The van der Waals surface area contributed by atoms with E-state index in [4.69, 9.17) is 14.6 Å². The summed E-state index contributed by atoms with van der Waals surface area (Å²) in [5.74, 6) is 1.34. The normalized spacial score (nSPS) is 13.4. The van der Waals surface area contributed by atoms with E-state index in [1.165, 1.54) is 6.07 Å². The number of fused-ring (bicyclic) bond motifs is 1. The van der Waals surface area contributed by atoms with E-state index in [1.54, 1.807) is 24.1 Å². The molecule has 0 atom stereocenters. The molecule has 2 aromatic carbocycles. The zero-order valence-corrected chi connectivity index (χ0v) is 18.9. The molecule has 168 valence electrons. The van der Waals surface area contributed by atoms with E-state index >= 15 is 0 Å². The number of nitrogens with zero attached hydrogens (tertiary/aromatic N) is 2. The Bertz CT molecular complexity index is 1060. The molecule has 0 saturated carbocycles. The lowest BCUT2D eigenvalue weighted by Gasteiger charge is -2.24. The second-order valence-electron chi connectivity index (χ2n) is 7.35. The number of ether oxygens (including phenoxy) is 2. The Balaban J connectivity index is 1.70. The molecule has 1 aliphatic heterocycles. The van der Waals surface area contributed by atoms with Crippen LogP contribution in [0.1, 0.15) is 25.0 Å². The largest absolute Gasteiger partial charge is 0.493 e. The average Bonchev–Trinajstić information content (AvgIpc) is 3.17. The molecule has 0 saturated heterocycles. The Morgan fingerprint density at radius 2 is 1.94 bits per heavy atom. The predicted molar refractivity (Wildman–Crippen MR) is 119 cm³/mol. The fourth-order valence-corrected chi connectivity index (χ4v) is 4.28. The van der Waals surface area contributed by atoms with Crippen molar-refractivity contribution in [2.75, 3.05) is 38.3 Å². The number of methoxy groups -OCH3 is 1. The third kappa shape index (κ3) is 5.36. The third-order valence-electron chi connectivity index (χ3n) is 5.32. The van der Waals surface area contributed by atoms with Crippen LogP contribution in [0.3, 0.4) is 0 Å². The van der Waals surface area contributed by atoms with Crippen LogP contribution in [0, 0.1) is 0 Å². The number of rotatable bonds is 9. The lowest BCUT2D eigenvalue weighted by atomic mass is 10.1. The molecule has 1 aliphatic rings. The Hall–Kier alpha value is -2.62. The smallest absolute Gasteiger partial charge is 0.241 e. The summed E-state index contributed by atoms with van der Waals surface area (Å²) in [4.78, 5) is 16.8. The Morgan fingerprint density at radius 3 is 2.58 bits per heavy atom. The summed E-state index contributed by atoms with van der Waals surface area (Å²) in [5, 5.41) is 5.22. The van der Waals surface area contributed by atoms with Gasteiger partial charge in [-0.1, -0.05) is 13.0 Å². The van der Waals surface area contributed by atoms with Crippen LogP contribution in [0.25, 0.3) is 0 Å². The van der Waals surface area contributed by atoms with E-state index in [-0.39, 0.29) is 17.3 Å². The average molecular weight is 448 g/mol. The number of primary sulfonamides is 1. The molecule has 1 amide bonds. The predicted octanol–water partition coefficient (Wildman–Crippen LogP) is 2.15. The highest BCUT2D eigenvalue weighted by Gasteiger charge is 2.27. The van der Waals surface area contributed by atoms with Crippen molar-refractivity contribution in [3.05, 3.63) is 47.5 Å². The van der Waals surface area contributed by atoms with Crippen LogP contribution in [0.5, 0.6) is 11.5 Å². The number of sulfonamides is 1. The fraction of sp³-hybridized carbons (Fsp3) is 0.409.